The van der Waals surface area contributed by atoms with E-state index < -0.39 is 0 Å². The van der Waals surface area contributed by atoms with Crippen LogP contribution in [0.15, 0.2) is 30.3 Å². The van der Waals surface area contributed by atoms with Gasteiger partial charge in [0, 0.05) is 5.56 Å². The van der Waals surface area contributed by atoms with Crippen LogP contribution in [0.5, 0.6) is 5.75 Å². The molecule has 2 aromatic carbocycles. The topological polar surface area (TPSA) is 35.5 Å². The highest BCUT2D eigenvalue weighted by molar-refractivity contribution is 5.86. The summed E-state index contributed by atoms with van der Waals surface area (Å²) in [5.41, 5.74) is 6.68. The Kier molecular flexibility index (Phi) is 6.24. The minimum absolute atomic E-state index is 0.209. The van der Waals surface area contributed by atoms with Gasteiger partial charge in [-0.25, -0.2) is 0 Å². The van der Waals surface area contributed by atoms with Gasteiger partial charge in [-0.1, -0.05) is 29.8 Å². The molecule has 1 unspecified atom stereocenters. The Morgan fingerprint density at radius 3 is 2.20 bits per heavy atom. The van der Waals surface area contributed by atoms with Crippen LogP contribution in [0.1, 0.15) is 48.9 Å². The van der Waals surface area contributed by atoms with Crippen molar-refractivity contribution in [2.75, 3.05) is 13.2 Å². The molecule has 0 bridgehead atoms. The van der Waals surface area contributed by atoms with Crippen LogP contribution in [0, 0.1) is 20.8 Å². The zero-order valence-electron chi connectivity index (χ0n) is 16.1. The van der Waals surface area contributed by atoms with E-state index in [-0.39, 0.29) is 11.9 Å². The van der Waals surface area contributed by atoms with Crippen LogP contribution in [-0.4, -0.2) is 19.2 Å². The first-order chi connectivity index (χ1) is 11.9. The minimum atomic E-state index is -0.351. The third-order valence-electron chi connectivity index (χ3n) is 4.39. The number of esters is 1. The normalized spacial score (nSPS) is 11.9. The molecule has 0 fully saturated rings. The van der Waals surface area contributed by atoms with Gasteiger partial charge in [0.05, 0.1) is 19.1 Å². The summed E-state index contributed by atoms with van der Waals surface area (Å²) in [6.45, 7) is 13.0. The van der Waals surface area contributed by atoms with E-state index in [0.717, 1.165) is 22.4 Å². The zero-order chi connectivity index (χ0) is 18.6. The SMILES string of the molecule is CCOC(=O)C(C)c1cccc(OCC)c1-c1c(C)cc(C)cc1C. The smallest absolute Gasteiger partial charge is 0.313 e. The summed E-state index contributed by atoms with van der Waals surface area (Å²) in [6, 6.07) is 10.3. The van der Waals surface area contributed by atoms with Gasteiger partial charge in [-0.3, -0.25) is 4.79 Å². The van der Waals surface area contributed by atoms with Gasteiger partial charge in [0.1, 0.15) is 5.75 Å². The molecule has 0 radical (unpaired) electrons. The van der Waals surface area contributed by atoms with Crippen molar-refractivity contribution in [2.24, 2.45) is 0 Å². The molecule has 0 saturated carbocycles. The molecule has 25 heavy (non-hydrogen) atoms. The number of carbonyl (C=O) groups is 1. The van der Waals surface area contributed by atoms with Crippen LogP contribution in [0.25, 0.3) is 11.1 Å². The van der Waals surface area contributed by atoms with Crippen molar-refractivity contribution in [1.29, 1.82) is 0 Å². The Bertz CT molecular complexity index is 739. The second-order valence-electron chi connectivity index (χ2n) is 6.40. The van der Waals surface area contributed by atoms with Gasteiger partial charge in [-0.2, -0.15) is 0 Å². The summed E-state index contributed by atoms with van der Waals surface area (Å²) in [5, 5.41) is 0. The Labute approximate surface area is 151 Å². The van der Waals surface area contributed by atoms with Crippen molar-refractivity contribution in [3.63, 3.8) is 0 Å². The molecular weight excluding hydrogens is 312 g/mol. The fourth-order valence-electron chi connectivity index (χ4n) is 3.42. The first kappa shape index (κ1) is 19.0. The molecule has 0 spiro atoms. The summed E-state index contributed by atoms with van der Waals surface area (Å²) >= 11 is 0. The third-order valence-corrected chi connectivity index (χ3v) is 4.39. The van der Waals surface area contributed by atoms with E-state index in [9.17, 15) is 4.79 Å². The van der Waals surface area contributed by atoms with Gasteiger partial charge in [0.2, 0.25) is 0 Å². The van der Waals surface area contributed by atoms with Crippen molar-refractivity contribution < 1.29 is 14.3 Å². The molecule has 0 aromatic heterocycles. The number of ether oxygens (including phenoxy) is 2. The predicted molar refractivity (Wildman–Crippen MR) is 102 cm³/mol. The first-order valence-corrected chi connectivity index (χ1v) is 8.91. The Hall–Kier alpha value is -2.29. The average Bonchev–Trinajstić information content (AvgIpc) is 2.55. The van der Waals surface area contributed by atoms with E-state index in [1.807, 2.05) is 39.0 Å². The summed E-state index contributed by atoms with van der Waals surface area (Å²) in [5.74, 6) is 0.251. The average molecular weight is 340 g/mol. The van der Waals surface area contributed by atoms with E-state index in [2.05, 4.69) is 32.9 Å². The highest BCUT2D eigenvalue weighted by atomic mass is 16.5. The van der Waals surface area contributed by atoms with Crippen LogP contribution in [-0.2, 0) is 9.53 Å². The lowest BCUT2D eigenvalue weighted by molar-refractivity contribution is -0.144. The Morgan fingerprint density at radius 1 is 1.00 bits per heavy atom. The molecule has 0 saturated heterocycles. The number of rotatable bonds is 6. The third kappa shape index (κ3) is 4.04. The van der Waals surface area contributed by atoms with E-state index in [0.29, 0.717) is 13.2 Å². The van der Waals surface area contributed by atoms with Gasteiger partial charge >= 0.3 is 5.97 Å². The van der Waals surface area contributed by atoms with Crippen LogP contribution in [0.2, 0.25) is 0 Å². The van der Waals surface area contributed by atoms with E-state index >= 15 is 0 Å². The van der Waals surface area contributed by atoms with Crippen molar-refractivity contribution >= 4 is 5.97 Å². The lowest BCUT2D eigenvalue weighted by Crippen LogP contribution is -2.14. The van der Waals surface area contributed by atoms with Crippen LogP contribution in [0.3, 0.4) is 0 Å². The quantitative estimate of drug-likeness (QED) is 0.666. The largest absolute Gasteiger partial charge is 0.493 e. The molecule has 0 N–H and O–H groups in total. The molecule has 0 heterocycles. The fraction of sp³-hybridized carbons (Fsp3) is 0.409. The van der Waals surface area contributed by atoms with E-state index in [1.165, 1.54) is 16.7 Å². The van der Waals surface area contributed by atoms with Gasteiger partial charge in [-0.05, 0) is 69.9 Å². The molecule has 2 rings (SSSR count). The maximum absolute atomic E-state index is 12.4. The predicted octanol–water partition coefficient (Wildman–Crippen LogP) is 5.34. The number of hydrogen-bond donors (Lipinski definition) is 0. The maximum Gasteiger partial charge on any atom is 0.313 e. The summed E-state index contributed by atoms with van der Waals surface area (Å²) in [4.78, 5) is 12.4. The second-order valence-corrected chi connectivity index (χ2v) is 6.40. The van der Waals surface area contributed by atoms with Crippen molar-refractivity contribution in [2.45, 2.75) is 47.5 Å². The van der Waals surface area contributed by atoms with E-state index in [4.69, 9.17) is 9.47 Å². The number of aryl methyl sites for hydroxylation is 3. The van der Waals surface area contributed by atoms with E-state index in [1.54, 1.807) is 0 Å². The monoisotopic (exact) mass is 340 g/mol. The minimum Gasteiger partial charge on any atom is -0.493 e. The lowest BCUT2D eigenvalue weighted by Gasteiger charge is -2.22. The molecule has 3 heteroatoms. The maximum atomic E-state index is 12.4. The molecule has 2 aromatic rings. The van der Waals surface area contributed by atoms with Crippen molar-refractivity contribution in [3.8, 4) is 16.9 Å². The zero-order valence-corrected chi connectivity index (χ0v) is 16.1. The molecule has 0 amide bonds. The fourth-order valence-corrected chi connectivity index (χ4v) is 3.42. The van der Waals surface area contributed by atoms with Gasteiger partial charge in [-0.15, -0.1) is 0 Å². The van der Waals surface area contributed by atoms with Gasteiger partial charge < -0.3 is 9.47 Å². The molecule has 3 nitrogen and oxygen atoms in total. The lowest BCUT2D eigenvalue weighted by atomic mass is 9.86. The second kappa shape index (κ2) is 8.19. The van der Waals surface area contributed by atoms with Gasteiger partial charge in [0.25, 0.3) is 0 Å². The Morgan fingerprint density at radius 2 is 1.64 bits per heavy atom. The summed E-state index contributed by atoms with van der Waals surface area (Å²) in [7, 11) is 0. The van der Waals surface area contributed by atoms with Crippen LogP contribution >= 0.6 is 0 Å². The number of benzene rings is 2. The Balaban J connectivity index is 2.72. The number of carbonyl (C=O) groups excluding carboxylic acids is 1. The molecule has 134 valence electrons. The molecular formula is C22H28O3. The summed E-state index contributed by atoms with van der Waals surface area (Å²) in [6.07, 6.45) is 0. The standard InChI is InChI=1S/C22H28O3/c1-7-24-19-11-9-10-18(17(6)22(23)25-8-2)21(19)20-15(4)12-14(3)13-16(20)5/h9-13,17H,7-8H2,1-6H3. The molecule has 0 aliphatic carbocycles. The first-order valence-electron chi connectivity index (χ1n) is 8.91. The highest BCUT2D eigenvalue weighted by Crippen LogP contribution is 2.41. The van der Waals surface area contributed by atoms with Crippen molar-refractivity contribution in [1.82, 2.24) is 0 Å². The highest BCUT2D eigenvalue weighted by Gasteiger charge is 2.24. The molecule has 1 atom stereocenters. The molecule has 0 aliphatic heterocycles. The summed E-state index contributed by atoms with van der Waals surface area (Å²) < 4.78 is 11.2. The van der Waals surface area contributed by atoms with Gasteiger partial charge in [0.15, 0.2) is 0 Å². The van der Waals surface area contributed by atoms with Crippen molar-refractivity contribution in [3.05, 3.63) is 52.6 Å². The number of hydrogen-bond acceptors (Lipinski definition) is 3. The molecule has 0 aliphatic rings. The van der Waals surface area contributed by atoms with Crippen LogP contribution in [0.4, 0.5) is 0 Å². The van der Waals surface area contributed by atoms with Crippen LogP contribution < -0.4 is 4.74 Å².